The predicted octanol–water partition coefficient (Wildman–Crippen LogP) is 1.01. The number of methoxy groups -OCH3 is 1. The molecular weight excluding hydrogens is 970 g/mol. The van der Waals surface area contributed by atoms with Crippen LogP contribution in [0, 0.1) is 11.7 Å². The van der Waals surface area contributed by atoms with E-state index in [1.54, 1.807) is 67.0 Å². The van der Waals surface area contributed by atoms with E-state index < -0.39 is 23.2 Å². The number of likely N-dealkylation sites (N-methyl/N-ethyl adjacent to an activating group) is 2. The minimum atomic E-state index is -0.681. The molecule has 5 fully saturated rings. The average molecular weight is 1040 g/mol. The van der Waals surface area contributed by atoms with E-state index in [4.69, 9.17) is 9.47 Å². The van der Waals surface area contributed by atoms with Gasteiger partial charge in [0.05, 0.1) is 42.5 Å². The largest absolute Gasteiger partial charge is 0.497 e. The highest BCUT2D eigenvalue weighted by Gasteiger charge is 2.35. The molecule has 8 amide bonds. The molecule has 21 nitrogen and oxygen atoms in total. The summed E-state index contributed by atoms with van der Waals surface area (Å²) in [6, 6.07) is 9.76. The predicted molar refractivity (Wildman–Crippen MR) is 275 cm³/mol. The smallest absolute Gasteiger partial charge is 0.321 e. The van der Waals surface area contributed by atoms with Crippen molar-refractivity contribution in [3.63, 3.8) is 0 Å². The fraction of sp³-hybridized carbons (Fsp3) is 0.625. The maximum Gasteiger partial charge on any atom is 0.321 e. The first-order valence-corrected chi connectivity index (χ1v) is 26.8. The van der Waals surface area contributed by atoms with Crippen molar-refractivity contribution in [3.8, 4) is 11.5 Å². The number of nitrogens with zero attached hydrogens (tertiary/aromatic N) is 5. The van der Waals surface area contributed by atoms with Gasteiger partial charge in [-0.2, -0.15) is 0 Å². The monoisotopic (exact) mass is 1040 g/mol. The minimum Gasteiger partial charge on any atom is -0.497 e. The molecule has 0 bridgehead atoms. The number of piperazine rings is 3. The van der Waals surface area contributed by atoms with E-state index in [2.05, 4.69) is 59.4 Å². The molecule has 6 unspecified atom stereocenters. The van der Waals surface area contributed by atoms with Gasteiger partial charge in [0.15, 0.2) is 0 Å². The number of halogens is 1. The molecule has 0 saturated carbocycles. The van der Waals surface area contributed by atoms with Crippen molar-refractivity contribution in [1.29, 1.82) is 0 Å². The molecule has 8 N–H and O–H groups in total. The lowest BCUT2D eigenvalue weighted by Crippen LogP contribution is -2.66. The molecule has 72 heavy (non-hydrogen) atoms. The fourth-order valence-electron chi connectivity index (χ4n) is 9.16. The SMILES string of the molecule is COc1ccc([C@@H](C)NC(=O)[C@H](CCC(=O)N2CCN(C3CNC(C(=O)N(C)CCOc4ccc(NC(=O)NC5NC(CC(=O)N6CCN(C)CC6)CS5)cc4)CN3)CC2)SC2NC(=O)NCC2C)c(F)c1. The Hall–Kier alpha value is -5.11. The van der Waals surface area contributed by atoms with Gasteiger partial charge in [0.1, 0.15) is 29.4 Å². The fourth-order valence-corrected chi connectivity index (χ4v) is 11.6. The zero-order chi connectivity index (χ0) is 51.3. The number of nitrogens with one attached hydrogen (secondary N) is 8. The van der Waals surface area contributed by atoms with E-state index in [9.17, 15) is 33.2 Å². The number of urea groups is 2. The van der Waals surface area contributed by atoms with Gasteiger partial charge in [0, 0.05) is 127 Å². The first kappa shape index (κ1) is 54.7. The number of thioether (sulfide) groups is 2. The zero-order valence-electron chi connectivity index (χ0n) is 41.9. The third kappa shape index (κ3) is 15.5. The van der Waals surface area contributed by atoms with Crippen LogP contribution in [-0.2, 0) is 19.2 Å². The van der Waals surface area contributed by atoms with Crippen LogP contribution < -0.4 is 52.0 Å². The first-order chi connectivity index (χ1) is 34.6. The number of hydrogen-bond donors (Lipinski definition) is 8. The van der Waals surface area contributed by atoms with E-state index in [1.165, 1.54) is 24.9 Å². The van der Waals surface area contributed by atoms with E-state index in [0.29, 0.717) is 81.5 Å². The summed E-state index contributed by atoms with van der Waals surface area (Å²) in [5.41, 5.74) is 0.604. The molecular formula is C48H72FN13O8S2. The van der Waals surface area contributed by atoms with Gasteiger partial charge < -0.3 is 61.0 Å². The summed E-state index contributed by atoms with van der Waals surface area (Å²) >= 11 is 2.87. The van der Waals surface area contributed by atoms with Crippen LogP contribution in [0.15, 0.2) is 42.5 Å². The van der Waals surface area contributed by atoms with Crippen LogP contribution >= 0.6 is 23.5 Å². The zero-order valence-corrected chi connectivity index (χ0v) is 43.5. The van der Waals surface area contributed by atoms with Gasteiger partial charge in [0.2, 0.25) is 23.6 Å². The van der Waals surface area contributed by atoms with Crippen molar-refractivity contribution in [1.82, 2.24) is 61.7 Å². The molecule has 0 aliphatic carbocycles. The molecule has 0 aromatic heterocycles. The number of benzene rings is 2. The highest BCUT2D eigenvalue weighted by atomic mass is 32.2. The maximum absolute atomic E-state index is 14.9. The lowest BCUT2D eigenvalue weighted by molar-refractivity contribution is -0.135. The Bertz CT molecular complexity index is 2180. The Morgan fingerprint density at radius 3 is 2.33 bits per heavy atom. The van der Waals surface area contributed by atoms with Gasteiger partial charge in [-0.25, -0.2) is 14.0 Å². The molecule has 8 atom stereocenters. The minimum absolute atomic E-state index is 0.00380. The van der Waals surface area contributed by atoms with Crippen molar-refractivity contribution in [2.45, 2.75) is 73.5 Å². The number of amides is 8. The summed E-state index contributed by atoms with van der Waals surface area (Å²) in [5, 5.41) is 23.6. The van der Waals surface area contributed by atoms with Crippen molar-refractivity contribution in [3.05, 3.63) is 53.8 Å². The molecule has 2 aromatic carbocycles. The Balaban J connectivity index is 0.772. The van der Waals surface area contributed by atoms with Crippen LogP contribution in [0.25, 0.3) is 0 Å². The van der Waals surface area contributed by atoms with E-state index in [1.807, 2.05) is 16.7 Å². The van der Waals surface area contributed by atoms with Crippen molar-refractivity contribution in [2.24, 2.45) is 5.92 Å². The first-order valence-electron chi connectivity index (χ1n) is 24.8. The van der Waals surface area contributed by atoms with Crippen molar-refractivity contribution in [2.75, 3.05) is 117 Å². The second-order valence-corrected chi connectivity index (χ2v) is 21.5. The summed E-state index contributed by atoms with van der Waals surface area (Å²) < 4.78 is 25.9. The maximum atomic E-state index is 14.9. The van der Waals surface area contributed by atoms with Gasteiger partial charge in [-0.05, 0) is 50.7 Å². The number of anilines is 1. The highest BCUT2D eigenvalue weighted by molar-refractivity contribution is 8.01. The Kier molecular flexibility index (Phi) is 19.9. The van der Waals surface area contributed by atoms with E-state index in [0.717, 1.165) is 31.9 Å². The summed E-state index contributed by atoms with van der Waals surface area (Å²) in [4.78, 5) is 88.2. The van der Waals surface area contributed by atoms with E-state index >= 15 is 0 Å². The molecule has 396 valence electrons. The van der Waals surface area contributed by atoms with Crippen LogP contribution in [0.3, 0.4) is 0 Å². The highest BCUT2D eigenvalue weighted by Crippen LogP contribution is 2.29. The normalized spacial score (nSPS) is 24.8. The molecule has 0 spiro atoms. The summed E-state index contributed by atoms with van der Waals surface area (Å²) in [6.07, 6.45) is 0.749. The Labute approximate surface area is 429 Å². The lowest BCUT2D eigenvalue weighted by atomic mass is 10.1. The van der Waals surface area contributed by atoms with Crippen LogP contribution in [-0.4, -0.2) is 207 Å². The number of rotatable bonds is 19. The third-order valence-electron chi connectivity index (χ3n) is 13.7. The molecule has 2 aromatic rings. The molecule has 5 aliphatic heterocycles. The molecule has 24 heteroatoms. The van der Waals surface area contributed by atoms with Crippen LogP contribution in [0.2, 0.25) is 0 Å². The van der Waals surface area contributed by atoms with Crippen molar-refractivity contribution < 1.29 is 42.6 Å². The van der Waals surface area contributed by atoms with Gasteiger partial charge in [-0.3, -0.25) is 34.7 Å². The molecule has 7 rings (SSSR count). The molecule has 5 saturated heterocycles. The quantitative estimate of drug-likeness (QED) is 0.0982. The molecule has 5 aliphatic rings. The summed E-state index contributed by atoms with van der Waals surface area (Å²) in [7, 11) is 5.26. The standard InChI is InChI=1S/C48H72FN13O8S2/c1-30-26-52-46(67)56-44(30)72-39(43(65)53-31(2)36-11-10-35(69-5)25-37(36)49)12-13-41(63)61-20-18-60(19-21-61)40-28-50-38(27-51-40)45(66)59(4)22-23-70-34-8-6-32(7-9-34)54-47(68)57-48-55-33(29-71-48)24-42(64)62-16-14-58(3)15-17-62/h6-11,25,30-31,33,38-40,44,48,50-51,55H,12-24,26-29H2,1-5H3,(H,53,65)(H2,52,56,67)(H2,54,57,68)/t30?,31-,33?,38?,39+,40?,44?,48?/m1/s1. The van der Waals surface area contributed by atoms with Crippen LogP contribution in [0.5, 0.6) is 11.5 Å². The number of ether oxygens (including phenoxy) is 2. The topological polar surface area (TPSA) is 233 Å². The Morgan fingerprint density at radius 2 is 1.64 bits per heavy atom. The van der Waals surface area contributed by atoms with Crippen molar-refractivity contribution >= 4 is 64.9 Å². The molecule has 5 heterocycles. The van der Waals surface area contributed by atoms with Crippen LogP contribution in [0.4, 0.5) is 19.7 Å². The molecule has 0 radical (unpaired) electrons. The van der Waals surface area contributed by atoms with Crippen LogP contribution in [0.1, 0.15) is 44.7 Å². The average Bonchev–Trinajstić information content (AvgIpc) is 3.82. The Morgan fingerprint density at radius 1 is 0.931 bits per heavy atom. The third-order valence-corrected chi connectivity index (χ3v) is 16.6. The van der Waals surface area contributed by atoms with Gasteiger partial charge >= 0.3 is 12.1 Å². The summed E-state index contributed by atoms with van der Waals surface area (Å²) in [5.74, 6) is 0.902. The number of carbonyl (C=O) groups excluding carboxylic acids is 6. The van der Waals surface area contributed by atoms with E-state index in [-0.39, 0.29) is 84.1 Å². The van der Waals surface area contributed by atoms with Gasteiger partial charge in [-0.1, -0.05) is 13.0 Å². The second kappa shape index (κ2) is 26.2. The van der Waals surface area contributed by atoms with Gasteiger partial charge in [-0.15, -0.1) is 23.5 Å². The number of carbonyl (C=O) groups is 6. The second-order valence-electron chi connectivity index (χ2n) is 19.0. The summed E-state index contributed by atoms with van der Waals surface area (Å²) in [6.45, 7) is 11.3. The number of hydrogen-bond acceptors (Lipinski definition) is 15. The lowest BCUT2D eigenvalue weighted by Gasteiger charge is -2.43. The van der Waals surface area contributed by atoms with Gasteiger partial charge in [0.25, 0.3) is 0 Å².